The van der Waals surface area contributed by atoms with Crippen molar-refractivity contribution in [2.45, 2.75) is 57.5 Å². The molecule has 4 aliphatic rings. The van der Waals surface area contributed by atoms with Gasteiger partial charge in [-0.1, -0.05) is 30.2 Å². The minimum Gasteiger partial charge on any atom is -0.411 e. The second-order valence-electron chi connectivity index (χ2n) is 7.72. The summed E-state index contributed by atoms with van der Waals surface area (Å²) in [4.78, 5) is 0. The van der Waals surface area contributed by atoms with Crippen molar-refractivity contribution in [2.24, 2.45) is 22.4 Å². The van der Waals surface area contributed by atoms with E-state index in [0.29, 0.717) is 18.3 Å². The second-order valence-corrected chi connectivity index (χ2v) is 7.72. The zero-order valence-corrected chi connectivity index (χ0v) is 14.3. The van der Waals surface area contributed by atoms with Gasteiger partial charge in [-0.3, -0.25) is 0 Å². The second kappa shape index (κ2) is 5.36. The molecule has 0 aromatic heterocycles. The van der Waals surface area contributed by atoms with Gasteiger partial charge in [-0.25, -0.2) is 0 Å². The summed E-state index contributed by atoms with van der Waals surface area (Å²) in [7, 11) is 0. The molecule has 1 fully saturated rings. The summed E-state index contributed by atoms with van der Waals surface area (Å²) in [6.45, 7) is 2.15. The van der Waals surface area contributed by atoms with Gasteiger partial charge in [0.2, 0.25) is 0 Å². The number of allylic oxidation sites excluding steroid dienone is 5. The summed E-state index contributed by atoms with van der Waals surface area (Å²) in [5.41, 5.74) is 3.73. The van der Waals surface area contributed by atoms with Crippen LogP contribution in [0.15, 0.2) is 40.1 Å². The fraction of sp³-hybridized carbons (Fsp3) is 0.571. The van der Waals surface area contributed by atoms with Crippen LogP contribution in [0.2, 0.25) is 0 Å². The van der Waals surface area contributed by atoms with Crippen LogP contribution in [-0.2, 0) is 0 Å². The van der Waals surface area contributed by atoms with E-state index in [2.05, 4.69) is 36.2 Å². The summed E-state index contributed by atoms with van der Waals surface area (Å²) in [6.07, 6.45) is 18.8. The molecule has 4 rings (SSSR count). The fourth-order valence-corrected chi connectivity index (χ4v) is 5.84. The van der Waals surface area contributed by atoms with Crippen LogP contribution in [0, 0.1) is 29.6 Å². The number of hydrogen-bond acceptors (Lipinski definition) is 3. The molecule has 0 saturated heterocycles. The van der Waals surface area contributed by atoms with Crippen LogP contribution in [0.3, 0.4) is 0 Å². The largest absolute Gasteiger partial charge is 0.411 e. The van der Waals surface area contributed by atoms with Crippen LogP contribution in [0.25, 0.3) is 0 Å². The van der Waals surface area contributed by atoms with Crippen LogP contribution < -0.4 is 0 Å². The van der Waals surface area contributed by atoms with Gasteiger partial charge in [0.25, 0.3) is 0 Å². The number of rotatable bonds is 1. The Hall–Kier alpha value is -1.79. The van der Waals surface area contributed by atoms with E-state index in [1.165, 1.54) is 16.7 Å². The van der Waals surface area contributed by atoms with Crippen molar-refractivity contribution in [1.29, 1.82) is 0 Å². The van der Waals surface area contributed by atoms with Gasteiger partial charge in [0, 0.05) is 5.41 Å². The third-order valence-electron chi connectivity index (χ3n) is 7.08. The van der Waals surface area contributed by atoms with Crippen molar-refractivity contribution in [3.05, 3.63) is 34.9 Å². The maximum atomic E-state index is 11.1. The Morgan fingerprint density at radius 1 is 1.33 bits per heavy atom. The molecular formula is C21H25NO2. The molecule has 0 aromatic rings. The van der Waals surface area contributed by atoms with Gasteiger partial charge in [0.15, 0.2) is 0 Å². The summed E-state index contributed by atoms with van der Waals surface area (Å²) in [5, 5.41) is 23.5. The van der Waals surface area contributed by atoms with E-state index in [4.69, 9.17) is 11.6 Å². The number of terminal acetylenes is 1. The van der Waals surface area contributed by atoms with E-state index in [1.54, 1.807) is 0 Å². The highest BCUT2D eigenvalue weighted by molar-refractivity contribution is 5.97. The van der Waals surface area contributed by atoms with Crippen molar-refractivity contribution in [2.75, 3.05) is 0 Å². The maximum Gasteiger partial charge on any atom is 0.134 e. The first-order chi connectivity index (χ1) is 11.6. The van der Waals surface area contributed by atoms with Crippen LogP contribution in [-0.4, -0.2) is 21.6 Å². The van der Waals surface area contributed by atoms with Crippen molar-refractivity contribution in [3.63, 3.8) is 0 Å². The molecule has 1 saturated carbocycles. The van der Waals surface area contributed by atoms with Gasteiger partial charge in [-0.15, -0.1) is 6.42 Å². The smallest absolute Gasteiger partial charge is 0.134 e. The van der Waals surface area contributed by atoms with Crippen LogP contribution in [0.4, 0.5) is 0 Å². The first-order valence-electron chi connectivity index (χ1n) is 9.13. The Bertz CT molecular complexity index is 735. The zero-order chi connectivity index (χ0) is 16.9. The molecule has 3 heteroatoms. The molecule has 2 N–H and O–H groups in total. The van der Waals surface area contributed by atoms with Gasteiger partial charge in [-0.2, -0.15) is 0 Å². The van der Waals surface area contributed by atoms with E-state index in [9.17, 15) is 5.11 Å². The van der Waals surface area contributed by atoms with Crippen molar-refractivity contribution >= 4 is 5.71 Å². The summed E-state index contributed by atoms with van der Waals surface area (Å²) in [5.74, 6) is 3.66. The molecule has 3 nitrogen and oxygen atoms in total. The number of oxime groups is 1. The SMILES string of the molecule is C#C[C@]1(O)CC[C@H]2[C@@H]3CCC4=C/C(=N/O)CCC4=C3C=C[C@@]21CC. The van der Waals surface area contributed by atoms with E-state index >= 15 is 0 Å². The third kappa shape index (κ3) is 1.87. The van der Waals surface area contributed by atoms with Gasteiger partial charge in [0.1, 0.15) is 5.60 Å². The highest BCUT2D eigenvalue weighted by atomic mass is 16.4. The van der Waals surface area contributed by atoms with Crippen molar-refractivity contribution < 1.29 is 10.3 Å². The Balaban J connectivity index is 1.83. The standard InChI is InChI=1S/C21H25NO2/c1-3-20-11-9-17-16-8-6-15(22-24)13-14(16)5-7-18(17)19(20)10-12-21(20,23)4-2/h2,9,11,13,18-19,23-24H,3,5-8,10,12H2,1H3/b22-15+/t18-,19+,20+,21+/m1/s1. The lowest BCUT2D eigenvalue weighted by molar-refractivity contribution is -0.0149. The van der Waals surface area contributed by atoms with Gasteiger partial charge >= 0.3 is 0 Å². The topological polar surface area (TPSA) is 52.8 Å². The van der Waals surface area contributed by atoms with E-state index < -0.39 is 5.60 Å². The number of hydrogen-bond donors (Lipinski definition) is 2. The molecule has 0 heterocycles. The van der Waals surface area contributed by atoms with E-state index in [0.717, 1.165) is 44.2 Å². The molecule has 0 unspecified atom stereocenters. The first-order valence-corrected chi connectivity index (χ1v) is 9.13. The first kappa shape index (κ1) is 15.7. The fourth-order valence-electron chi connectivity index (χ4n) is 5.84. The lowest BCUT2D eigenvalue weighted by atomic mass is 9.56. The minimum absolute atomic E-state index is 0.274. The van der Waals surface area contributed by atoms with Crippen molar-refractivity contribution in [3.8, 4) is 12.3 Å². The molecule has 0 spiro atoms. The Morgan fingerprint density at radius 3 is 2.88 bits per heavy atom. The van der Waals surface area contributed by atoms with Crippen molar-refractivity contribution in [1.82, 2.24) is 0 Å². The highest BCUT2D eigenvalue weighted by Crippen LogP contribution is 2.62. The number of nitrogens with zero attached hydrogens (tertiary/aromatic N) is 1. The lowest BCUT2D eigenvalue weighted by Crippen LogP contribution is -2.48. The average molecular weight is 323 g/mol. The quantitative estimate of drug-likeness (QED) is 0.435. The predicted molar refractivity (Wildman–Crippen MR) is 94.7 cm³/mol. The third-order valence-corrected chi connectivity index (χ3v) is 7.08. The Kier molecular flexibility index (Phi) is 3.51. The molecular weight excluding hydrogens is 298 g/mol. The molecule has 126 valence electrons. The summed E-state index contributed by atoms with van der Waals surface area (Å²) < 4.78 is 0. The highest BCUT2D eigenvalue weighted by Gasteiger charge is 2.60. The maximum absolute atomic E-state index is 11.1. The van der Waals surface area contributed by atoms with Gasteiger partial charge in [-0.05, 0) is 79.6 Å². The van der Waals surface area contributed by atoms with E-state index in [-0.39, 0.29) is 5.41 Å². The molecule has 4 aliphatic carbocycles. The molecule has 4 atom stereocenters. The van der Waals surface area contributed by atoms with Crippen LogP contribution in [0.1, 0.15) is 51.9 Å². The number of fused-ring (bicyclic) bond motifs is 4. The summed E-state index contributed by atoms with van der Waals surface area (Å²) >= 11 is 0. The monoisotopic (exact) mass is 323 g/mol. The van der Waals surface area contributed by atoms with Gasteiger partial charge in [0.05, 0.1) is 5.71 Å². The zero-order valence-electron chi connectivity index (χ0n) is 14.3. The Labute approximate surface area is 143 Å². The Morgan fingerprint density at radius 2 is 2.17 bits per heavy atom. The number of aliphatic hydroxyl groups is 1. The molecule has 0 radical (unpaired) electrons. The normalized spacial score (nSPS) is 42.2. The van der Waals surface area contributed by atoms with Crippen LogP contribution in [0.5, 0.6) is 0 Å². The van der Waals surface area contributed by atoms with Gasteiger partial charge < -0.3 is 10.3 Å². The predicted octanol–water partition coefficient (Wildman–Crippen LogP) is 3.98. The van der Waals surface area contributed by atoms with E-state index in [1.807, 2.05) is 0 Å². The molecule has 24 heavy (non-hydrogen) atoms. The summed E-state index contributed by atoms with van der Waals surface area (Å²) in [6, 6.07) is 0. The average Bonchev–Trinajstić information content (AvgIpc) is 2.94. The molecule has 0 amide bonds. The molecule has 0 aromatic carbocycles. The minimum atomic E-state index is -1.00. The molecule has 0 bridgehead atoms. The molecule has 0 aliphatic heterocycles. The van der Waals surface area contributed by atoms with Crippen LogP contribution >= 0.6 is 0 Å². The lowest BCUT2D eigenvalue weighted by Gasteiger charge is -2.48.